The van der Waals surface area contributed by atoms with E-state index in [-0.39, 0.29) is 28.9 Å². The van der Waals surface area contributed by atoms with Crippen LogP contribution in [-0.4, -0.2) is 31.2 Å². The lowest BCUT2D eigenvalue weighted by molar-refractivity contribution is 0.0513. The lowest BCUT2D eigenvalue weighted by Crippen LogP contribution is -2.45. The third-order valence-electron chi connectivity index (χ3n) is 9.67. The predicted molar refractivity (Wildman–Crippen MR) is 181 cm³/mol. The Morgan fingerprint density at radius 1 is 0.977 bits per heavy atom. The number of benzene rings is 2. The van der Waals surface area contributed by atoms with Crippen molar-refractivity contribution in [3.8, 4) is 11.5 Å². The second-order valence-corrected chi connectivity index (χ2v) is 20.7. The molecule has 242 valence electrons. The highest BCUT2D eigenvalue weighted by Gasteiger charge is 2.55. The van der Waals surface area contributed by atoms with Gasteiger partial charge in [0.25, 0.3) is 0 Å². The molecule has 0 aromatic heterocycles. The first-order valence-electron chi connectivity index (χ1n) is 16.2. The van der Waals surface area contributed by atoms with E-state index in [1.165, 1.54) is 0 Å². The SMILES string of the molecule is C=C1C[C@H]2[C@@H](/C=C/C[C@](C)(O)CCCC)[C@H](O[Si](C)(C)C(C)(C)C)C[C@@H]2C1OP(=O)(Oc1ccccc1)Oc1ccccc1. The number of phosphoric acid groups is 1. The third-order valence-corrected chi connectivity index (χ3v) is 15.5. The van der Waals surface area contributed by atoms with Gasteiger partial charge in [0.15, 0.2) is 8.32 Å². The van der Waals surface area contributed by atoms with Gasteiger partial charge >= 0.3 is 7.82 Å². The summed E-state index contributed by atoms with van der Waals surface area (Å²) in [6, 6.07) is 18.0. The number of phosphoric ester groups is 1. The fourth-order valence-corrected chi connectivity index (χ4v) is 9.01. The maximum Gasteiger partial charge on any atom is 0.588 e. The van der Waals surface area contributed by atoms with Crippen LogP contribution in [0.15, 0.2) is 85.0 Å². The fraction of sp³-hybridized carbons (Fsp3) is 0.556. The van der Waals surface area contributed by atoms with Crippen LogP contribution in [0.25, 0.3) is 0 Å². The normalized spacial score (nSPS) is 25.6. The molecule has 6 nitrogen and oxygen atoms in total. The van der Waals surface area contributed by atoms with E-state index in [9.17, 15) is 9.67 Å². The zero-order valence-electron chi connectivity index (χ0n) is 27.7. The Balaban J connectivity index is 1.61. The molecule has 2 fully saturated rings. The van der Waals surface area contributed by atoms with Crippen molar-refractivity contribution in [1.29, 1.82) is 0 Å². The Labute approximate surface area is 266 Å². The zero-order valence-corrected chi connectivity index (χ0v) is 29.6. The van der Waals surface area contributed by atoms with Gasteiger partial charge in [-0.3, -0.25) is 4.52 Å². The minimum Gasteiger partial charge on any atom is -0.413 e. The van der Waals surface area contributed by atoms with E-state index in [0.717, 1.165) is 37.7 Å². The number of fused-ring (bicyclic) bond motifs is 1. The largest absolute Gasteiger partial charge is 0.588 e. The lowest BCUT2D eigenvalue weighted by Gasteiger charge is -2.40. The summed E-state index contributed by atoms with van der Waals surface area (Å²) in [5.74, 6) is 1.20. The number of aliphatic hydroxyl groups is 1. The molecule has 0 bridgehead atoms. The first-order valence-corrected chi connectivity index (χ1v) is 20.5. The smallest absolute Gasteiger partial charge is 0.413 e. The van der Waals surface area contributed by atoms with Gasteiger partial charge in [-0.2, -0.15) is 0 Å². The molecular weight excluding hydrogens is 587 g/mol. The number of para-hydroxylation sites is 2. The molecule has 44 heavy (non-hydrogen) atoms. The molecule has 2 aromatic carbocycles. The number of rotatable bonds is 14. The maximum absolute atomic E-state index is 14.4. The van der Waals surface area contributed by atoms with E-state index in [1.54, 1.807) is 24.3 Å². The van der Waals surface area contributed by atoms with Crippen LogP contribution >= 0.6 is 7.82 Å². The fourth-order valence-electron chi connectivity index (χ4n) is 6.18. The monoisotopic (exact) mass is 640 g/mol. The maximum atomic E-state index is 14.4. The van der Waals surface area contributed by atoms with Crippen LogP contribution in [0.4, 0.5) is 0 Å². The van der Waals surface area contributed by atoms with E-state index in [4.69, 9.17) is 18.0 Å². The van der Waals surface area contributed by atoms with Gasteiger partial charge in [-0.25, -0.2) is 4.57 Å². The number of hydrogen-bond donors (Lipinski definition) is 1. The molecule has 0 amide bonds. The second-order valence-electron chi connectivity index (χ2n) is 14.4. The standard InChI is InChI=1S/C36H53O6PSi/c1-9-10-23-36(6,37)24-17-22-30-31-25-27(2)34(32(31)26-33(30)42-44(7,8)35(3,4)5)41-43(38,39-28-18-13-11-14-19-28)40-29-20-15-12-16-21-29/h11-22,30-34,37H,2,9-10,23-26H2,1,3-8H3/b22-17+/t30-,31+,32+,33-,34?,36-/m1/s1. The first kappa shape index (κ1) is 34.7. The second kappa shape index (κ2) is 14.1. The van der Waals surface area contributed by atoms with Gasteiger partial charge in [-0.05, 0) is 92.4 Å². The van der Waals surface area contributed by atoms with E-state index < -0.39 is 27.8 Å². The van der Waals surface area contributed by atoms with Crippen molar-refractivity contribution in [3.63, 3.8) is 0 Å². The van der Waals surface area contributed by atoms with E-state index in [1.807, 2.05) is 43.3 Å². The van der Waals surface area contributed by atoms with Gasteiger partial charge in [0.05, 0.1) is 17.8 Å². The van der Waals surface area contributed by atoms with Crippen molar-refractivity contribution < 1.29 is 27.7 Å². The van der Waals surface area contributed by atoms with Crippen molar-refractivity contribution >= 4 is 16.1 Å². The Morgan fingerprint density at radius 2 is 1.55 bits per heavy atom. The Morgan fingerprint density at radius 3 is 2.07 bits per heavy atom. The molecule has 4 rings (SSSR count). The van der Waals surface area contributed by atoms with Crippen LogP contribution in [0.1, 0.15) is 73.1 Å². The van der Waals surface area contributed by atoms with Gasteiger partial charge in [0, 0.05) is 5.92 Å². The Hall–Kier alpha value is -2.15. The first-order chi connectivity index (χ1) is 20.6. The molecule has 0 heterocycles. The highest BCUT2D eigenvalue weighted by molar-refractivity contribution is 7.49. The molecule has 6 atom stereocenters. The molecule has 2 aromatic rings. The van der Waals surface area contributed by atoms with E-state index >= 15 is 0 Å². The minimum absolute atomic E-state index is 0.00796. The minimum atomic E-state index is -4.10. The molecule has 8 heteroatoms. The van der Waals surface area contributed by atoms with Gasteiger partial charge < -0.3 is 18.6 Å². The molecule has 2 aliphatic carbocycles. The molecule has 0 saturated heterocycles. The molecular formula is C36H53O6PSi. The molecule has 0 radical (unpaired) electrons. The summed E-state index contributed by atoms with van der Waals surface area (Å²) < 4.78 is 39.8. The molecule has 0 aliphatic heterocycles. The van der Waals surface area contributed by atoms with Crippen LogP contribution in [-0.2, 0) is 13.5 Å². The van der Waals surface area contributed by atoms with E-state index in [2.05, 4.69) is 59.5 Å². The van der Waals surface area contributed by atoms with Crippen LogP contribution in [0.3, 0.4) is 0 Å². The molecule has 1 unspecified atom stereocenters. The lowest BCUT2D eigenvalue weighted by atomic mass is 9.89. The summed E-state index contributed by atoms with van der Waals surface area (Å²) in [4.78, 5) is 0. The summed E-state index contributed by atoms with van der Waals surface area (Å²) in [7, 11) is -6.20. The van der Waals surface area contributed by atoms with Crippen molar-refractivity contribution in [2.24, 2.45) is 17.8 Å². The van der Waals surface area contributed by atoms with Crippen LogP contribution in [0.2, 0.25) is 18.1 Å². The Bertz CT molecular complexity index is 1260. The molecule has 2 aliphatic rings. The quantitative estimate of drug-likeness (QED) is 0.126. The van der Waals surface area contributed by atoms with Crippen molar-refractivity contribution in [2.45, 2.75) is 109 Å². The van der Waals surface area contributed by atoms with Gasteiger partial charge in [-0.15, -0.1) is 0 Å². The van der Waals surface area contributed by atoms with Crippen molar-refractivity contribution in [2.75, 3.05) is 0 Å². The summed E-state index contributed by atoms with van der Waals surface area (Å²) in [6.45, 7) is 19.8. The topological polar surface area (TPSA) is 74.2 Å². The highest BCUT2D eigenvalue weighted by atomic mass is 31.2. The number of unbranched alkanes of at least 4 members (excludes halogenated alkanes) is 1. The van der Waals surface area contributed by atoms with Crippen LogP contribution in [0, 0.1) is 17.8 Å². The predicted octanol–water partition coefficient (Wildman–Crippen LogP) is 10.1. The Kier molecular flexibility index (Phi) is 11.1. The van der Waals surface area contributed by atoms with Crippen molar-refractivity contribution in [3.05, 3.63) is 85.0 Å². The summed E-state index contributed by atoms with van der Waals surface area (Å²) in [6.07, 6.45) is 8.83. The third kappa shape index (κ3) is 8.76. The zero-order chi connectivity index (χ0) is 32.2. The number of hydrogen-bond acceptors (Lipinski definition) is 6. The average Bonchev–Trinajstić information content (AvgIpc) is 3.41. The van der Waals surface area contributed by atoms with E-state index in [0.29, 0.717) is 17.9 Å². The summed E-state index contributed by atoms with van der Waals surface area (Å²) in [5.41, 5.74) is 0.161. The summed E-state index contributed by atoms with van der Waals surface area (Å²) in [5, 5.41) is 11.0. The van der Waals surface area contributed by atoms with Crippen LogP contribution in [0.5, 0.6) is 11.5 Å². The van der Waals surface area contributed by atoms with Crippen LogP contribution < -0.4 is 9.05 Å². The van der Waals surface area contributed by atoms with Gasteiger partial charge in [0.2, 0.25) is 0 Å². The van der Waals surface area contributed by atoms with Gasteiger partial charge in [-0.1, -0.05) is 95.7 Å². The van der Waals surface area contributed by atoms with Gasteiger partial charge in [0.1, 0.15) is 11.5 Å². The average molecular weight is 641 g/mol. The summed E-state index contributed by atoms with van der Waals surface area (Å²) >= 11 is 0. The van der Waals surface area contributed by atoms with Crippen molar-refractivity contribution in [1.82, 2.24) is 0 Å². The highest BCUT2D eigenvalue weighted by Crippen LogP contribution is 2.59. The molecule has 1 N–H and O–H groups in total. The molecule has 2 saturated carbocycles. The molecule has 0 spiro atoms.